The molecule has 114 valence electrons. The van der Waals surface area contributed by atoms with Crippen LogP contribution in [0.3, 0.4) is 0 Å². The minimum atomic E-state index is -0.545. The summed E-state index contributed by atoms with van der Waals surface area (Å²) in [7, 11) is 3.94. The van der Waals surface area contributed by atoms with E-state index in [4.69, 9.17) is 0 Å². The van der Waals surface area contributed by atoms with Gasteiger partial charge in [-0.2, -0.15) is 5.10 Å². The zero-order chi connectivity index (χ0) is 16.1. The van der Waals surface area contributed by atoms with E-state index in [9.17, 15) is 10.1 Å². The highest BCUT2D eigenvalue weighted by molar-refractivity contribution is 9.10. The molecule has 0 amide bonds. The van der Waals surface area contributed by atoms with Gasteiger partial charge in [0.25, 0.3) is 0 Å². The Balaban J connectivity index is 2.03. The van der Waals surface area contributed by atoms with Crippen molar-refractivity contribution in [3.63, 3.8) is 0 Å². The second-order valence-corrected chi connectivity index (χ2v) is 5.49. The van der Waals surface area contributed by atoms with Crippen LogP contribution in [0.5, 0.6) is 0 Å². The number of benzene rings is 1. The smallest absolute Gasteiger partial charge is 0.363 e. The van der Waals surface area contributed by atoms with Crippen molar-refractivity contribution in [2.75, 3.05) is 24.4 Å². The van der Waals surface area contributed by atoms with Crippen molar-refractivity contribution >= 4 is 39.3 Å². The second kappa shape index (κ2) is 6.99. The summed E-state index contributed by atoms with van der Waals surface area (Å²) in [5.41, 5.74) is 5.34. The molecular weight excluding hydrogens is 350 g/mol. The lowest BCUT2D eigenvalue weighted by Crippen LogP contribution is -2.09. The fourth-order valence-corrected chi connectivity index (χ4v) is 2.46. The number of hydrogen-bond donors (Lipinski definition) is 1. The quantitative estimate of drug-likeness (QED) is 0.500. The Morgan fingerprint density at radius 1 is 1.36 bits per heavy atom. The molecule has 1 heterocycles. The van der Waals surface area contributed by atoms with Crippen LogP contribution in [0.1, 0.15) is 5.56 Å². The van der Waals surface area contributed by atoms with Crippen LogP contribution in [0, 0.1) is 10.1 Å². The van der Waals surface area contributed by atoms with E-state index in [0.717, 1.165) is 15.7 Å². The van der Waals surface area contributed by atoms with Crippen LogP contribution < -0.4 is 10.3 Å². The fourth-order valence-electron chi connectivity index (χ4n) is 1.71. The summed E-state index contributed by atoms with van der Waals surface area (Å²) in [5.74, 6) is -0.197. The molecule has 7 nitrogen and oxygen atoms in total. The summed E-state index contributed by atoms with van der Waals surface area (Å²) in [6, 6.07) is 8.75. The summed E-state index contributed by atoms with van der Waals surface area (Å²) < 4.78 is 0.971. The summed E-state index contributed by atoms with van der Waals surface area (Å²) in [4.78, 5) is 15.7. The number of aromatic nitrogens is 1. The Kier molecular flexibility index (Phi) is 5.05. The highest BCUT2D eigenvalue weighted by Gasteiger charge is 2.05. The van der Waals surface area contributed by atoms with Crippen LogP contribution in [-0.2, 0) is 0 Å². The van der Waals surface area contributed by atoms with Gasteiger partial charge in [0, 0.05) is 24.6 Å². The lowest BCUT2D eigenvalue weighted by atomic mass is 10.2. The number of rotatable bonds is 5. The Morgan fingerprint density at radius 3 is 2.68 bits per heavy atom. The van der Waals surface area contributed by atoms with Crippen LogP contribution in [0.25, 0.3) is 0 Å². The molecule has 0 saturated heterocycles. The number of halogens is 1. The number of nitrogens with one attached hydrogen (secondary N) is 1. The fraction of sp³-hybridized carbons (Fsp3) is 0.143. The van der Waals surface area contributed by atoms with Gasteiger partial charge in [0.2, 0.25) is 0 Å². The molecule has 0 atom stereocenters. The van der Waals surface area contributed by atoms with Crippen LogP contribution in [0.2, 0.25) is 0 Å². The van der Waals surface area contributed by atoms with Gasteiger partial charge in [-0.3, -0.25) is 5.43 Å². The third kappa shape index (κ3) is 4.01. The Labute approximate surface area is 135 Å². The summed E-state index contributed by atoms with van der Waals surface area (Å²) in [5, 5.41) is 14.6. The lowest BCUT2D eigenvalue weighted by molar-refractivity contribution is -0.389. The normalized spacial score (nSPS) is 10.7. The van der Waals surface area contributed by atoms with Crippen molar-refractivity contribution in [2.45, 2.75) is 0 Å². The summed E-state index contributed by atoms with van der Waals surface area (Å²) in [6.07, 6.45) is 3.02. The molecule has 22 heavy (non-hydrogen) atoms. The first kappa shape index (κ1) is 15.9. The van der Waals surface area contributed by atoms with Crippen LogP contribution >= 0.6 is 15.9 Å². The zero-order valence-electron chi connectivity index (χ0n) is 12.0. The topological polar surface area (TPSA) is 83.7 Å². The molecule has 0 radical (unpaired) electrons. The van der Waals surface area contributed by atoms with E-state index in [-0.39, 0.29) is 5.82 Å². The number of anilines is 2. The van der Waals surface area contributed by atoms with Crippen molar-refractivity contribution in [3.8, 4) is 0 Å². The molecule has 0 saturated carbocycles. The van der Waals surface area contributed by atoms with E-state index in [0.29, 0.717) is 5.69 Å². The molecule has 0 fully saturated rings. The maximum atomic E-state index is 10.5. The van der Waals surface area contributed by atoms with Gasteiger partial charge < -0.3 is 15.0 Å². The standard InChI is InChI=1S/C14H14BrN5O2/c1-19(2)13-5-3-10(7-12(13)15)8-17-18-11-4-6-14(16-9-11)20(21)22/h3-9,18H,1-2H3. The van der Waals surface area contributed by atoms with Crippen molar-refractivity contribution in [1.29, 1.82) is 0 Å². The minimum Gasteiger partial charge on any atom is -0.377 e. The van der Waals surface area contributed by atoms with Gasteiger partial charge in [-0.1, -0.05) is 6.07 Å². The van der Waals surface area contributed by atoms with E-state index < -0.39 is 4.92 Å². The number of hydrazone groups is 1. The first-order valence-corrected chi connectivity index (χ1v) is 7.13. The van der Waals surface area contributed by atoms with Gasteiger partial charge in [0.1, 0.15) is 5.69 Å². The predicted molar refractivity (Wildman–Crippen MR) is 90.6 cm³/mol. The van der Waals surface area contributed by atoms with Crippen LogP contribution in [0.15, 0.2) is 46.1 Å². The molecule has 0 aliphatic rings. The number of hydrogen-bond acceptors (Lipinski definition) is 6. The summed E-state index contributed by atoms with van der Waals surface area (Å²) >= 11 is 3.51. The summed E-state index contributed by atoms with van der Waals surface area (Å²) in [6.45, 7) is 0. The van der Waals surface area contributed by atoms with Crippen LogP contribution in [0.4, 0.5) is 17.2 Å². The molecule has 2 aromatic rings. The lowest BCUT2D eigenvalue weighted by Gasteiger charge is -2.14. The SMILES string of the molecule is CN(C)c1ccc(C=NNc2ccc([N+](=O)[O-])nc2)cc1Br. The number of pyridine rings is 1. The third-order valence-electron chi connectivity index (χ3n) is 2.80. The third-order valence-corrected chi connectivity index (χ3v) is 3.43. The average Bonchev–Trinajstić information content (AvgIpc) is 2.47. The van der Waals surface area contributed by atoms with E-state index >= 15 is 0 Å². The first-order valence-electron chi connectivity index (χ1n) is 6.34. The van der Waals surface area contributed by atoms with Crippen molar-refractivity contribution in [2.24, 2.45) is 5.10 Å². The van der Waals surface area contributed by atoms with Crippen molar-refractivity contribution < 1.29 is 4.92 Å². The second-order valence-electron chi connectivity index (χ2n) is 4.64. The maximum absolute atomic E-state index is 10.5. The Hall–Kier alpha value is -2.48. The molecule has 0 spiro atoms. The van der Waals surface area contributed by atoms with Crippen molar-refractivity contribution in [1.82, 2.24) is 4.98 Å². The molecule has 1 aromatic carbocycles. The number of nitro groups is 1. The monoisotopic (exact) mass is 363 g/mol. The molecule has 1 aromatic heterocycles. The Bertz CT molecular complexity index is 701. The molecule has 0 unspecified atom stereocenters. The predicted octanol–water partition coefficient (Wildman–Crippen LogP) is 3.26. The molecule has 8 heteroatoms. The maximum Gasteiger partial charge on any atom is 0.363 e. The van der Waals surface area contributed by atoms with Gasteiger partial charge in [-0.05, 0) is 49.6 Å². The molecule has 2 rings (SSSR count). The highest BCUT2D eigenvalue weighted by Crippen LogP contribution is 2.25. The molecule has 0 aliphatic heterocycles. The highest BCUT2D eigenvalue weighted by atomic mass is 79.9. The van der Waals surface area contributed by atoms with E-state index in [1.54, 1.807) is 12.3 Å². The van der Waals surface area contributed by atoms with Gasteiger partial charge in [0.05, 0.1) is 11.9 Å². The van der Waals surface area contributed by atoms with Crippen molar-refractivity contribution in [3.05, 3.63) is 56.7 Å². The molecule has 0 aliphatic carbocycles. The van der Waals surface area contributed by atoms with Gasteiger partial charge in [0.15, 0.2) is 6.20 Å². The van der Waals surface area contributed by atoms with E-state index in [1.165, 1.54) is 12.3 Å². The Morgan fingerprint density at radius 2 is 2.14 bits per heavy atom. The van der Waals surface area contributed by atoms with E-state index in [2.05, 4.69) is 31.4 Å². The van der Waals surface area contributed by atoms with Crippen LogP contribution in [-0.4, -0.2) is 30.2 Å². The van der Waals surface area contributed by atoms with Gasteiger partial charge in [-0.25, -0.2) is 0 Å². The molecule has 1 N–H and O–H groups in total. The first-order chi connectivity index (χ1) is 10.5. The average molecular weight is 364 g/mol. The van der Waals surface area contributed by atoms with E-state index in [1.807, 2.05) is 37.2 Å². The van der Waals surface area contributed by atoms with Gasteiger partial charge >= 0.3 is 5.82 Å². The van der Waals surface area contributed by atoms with Gasteiger partial charge in [-0.15, -0.1) is 0 Å². The zero-order valence-corrected chi connectivity index (χ0v) is 13.6. The molecule has 0 bridgehead atoms. The molecular formula is C14H14BrN5O2. The number of nitrogens with zero attached hydrogens (tertiary/aromatic N) is 4. The largest absolute Gasteiger partial charge is 0.377 e. The minimum absolute atomic E-state index is 0.197.